The predicted octanol–water partition coefficient (Wildman–Crippen LogP) is 6.96. The van der Waals surface area contributed by atoms with E-state index >= 15 is 0 Å². The lowest BCUT2D eigenvalue weighted by Gasteiger charge is -2.41. The van der Waals surface area contributed by atoms with Gasteiger partial charge in [-0.05, 0) is 38.5 Å². The lowest BCUT2D eigenvalue weighted by molar-refractivity contribution is -0.230. The zero-order chi connectivity index (χ0) is 26.9. The fourth-order valence-electron chi connectivity index (χ4n) is 4.87. The highest BCUT2D eigenvalue weighted by Gasteiger charge is 2.52. The van der Waals surface area contributed by atoms with Crippen molar-refractivity contribution in [2.45, 2.75) is 159 Å². The Morgan fingerprint density at radius 2 is 1.64 bits per heavy atom. The number of aliphatic hydroxyl groups is 1. The Balaban J connectivity index is 3.13. The number of hydrogen-bond acceptors (Lipinski definition) is 7. The van der Waals surface area contributed by atoms with Crippen LogP contribution in [0.25, 0.3) is 0 Å². The summed E-state index contributed by atoms with van der Waals surface area (Å²) in [6.07, 6.45) is 14.6. The van der Waals surface area contributed by atoms with Gasteiger partial charge in [0.15, 0.2) is 0 Å². The van der Waals surface area contributed by atoms with E-state index < -0.39 is 31.0 Å². The Hall–Kier alpha value is -0.110. The highest BCUT2D eigenvalue weighted by Crippen LogP contribution is 2.42. The molecule has 0 aromatic heterocycles. The molecule has 7 nitrogen and oxygen atoms in total. The molecule has 2 N–H and O–H groups in total. The topological polar surface area (TPSA) is 102 Å². The van der Waals surface area contributed by atoms with E-state index in [0.717, 1.165) is 64.2 Å². The molecule has 0 aromatic rings. The highest BCUT2D eigenvalue weighted by molar-refractivity contribution is 7.81. The van der Waals surface area contributed by atoms with Crippen LogP contribution in [0.5, 0.6) is 0 Å². The maximum Gasteiger partial charge on any atom is 0.348 e. The maximum atomic E-state index is 12.4. The first-order valence-corrected chi connectivity index (χ1v) is 15.8. The third kappa shape index (κ3) is 12.2. The van der Waals surface area contributed by atoms with Crippen molar-refractivity contribution in [1.82, 2.24) is 0 Å². The van der Waals surface area contributed by atoms with Crippen molar-refractivity contribution in [3.63, 3.8) is 0 Å². The Kier molecular flexibility index (Phi) is 17.9. The van der Waals surface area contributed by atoms with Gasteiger partial charge in [-0.15, -0.1) is 12.6 Å². The summed E-state index contributed by atoms with van der Waals surface area (Å²) < 4.78 is 30.4. The molecule has 1 aliphatic rings. The minimum atomic E-state index is -2.35. The van der Waals surface area contributed by atoms with Gasteiger partial charge in [0, 0.05) is 13.0 Å². The molecule has 5 atom stereocenters. The number of ether oxygens (including phenoxy) is 3. The first-order chi connectivity index (χ1) is 17.3. The number of carboxylic acids is 1. The average Bonchev–Trinajstić information content (AvgIpc) is 2.86. The van der Waals surface area contributed by atoms with Crippen LogP contribution in [0.1, 0.15) is 130 Å². The summed E-state index contributed by atoms with van der Waals surface area (Å²) in [5, 5.41) is 18.3. The number of aliphatic carboxylic acids is 1. The monoisotopic (exact) mass is 552 g/mol. The van der Waals surface area contributed by atoms with Crippen molar-refractivity contribution in [2.75, 3.05) is 6.61 Å². The number of thiol groups is 1. The van der Waals surface area contributed by atoms with Crippen LogP contribution in [0.4, 0.5) is 0 Å². The molecule has 0 spiro atoms. The van der Waals surface area contributed by atoms with E-state index in [0.29, 0.717) is 19.3 Å². The molecule has 1 fully saturated rings. The number of carboxylic acid groups (broad SMARTS) is 1. The van der Waals surface area contributed by atoms with Crippen molar-refractivity contribution in [3.8, 4) is 0 Å². The van der Waals surface area contributed by atoms with Crippen LogP contribution in [0.2, 0.25) is 0 Å². The average molecular weight is 553 g/mol. The summed E-state index contributed by atoms with van der Waals surface area (Å²) in [5.41, 5.74) is 0. The molecule has 9 heteroatoms. The third-order valence-corrected chi connectivity index (χ3v) is 8.50. The van der Waals surface area contributed by atoms with Crippen LogP contribution >= 0.6 is 21.1 Å². The van der Waals surface area contributed by atoms with E-state index in [4.69, 9.17) is 26.8 Å². The molecule has 0 amide bonds. The largest absolute Gasteiger partial charge is 0.479 e. The smallest absolute Gasteiger partial charge is 0.348 e. The molecule has 5 unspecified atom stereocenters. The van der Waals surface area contributed by atoms with Crippen LogP contribution in [0.3, 0.4) is 0 Å². The van der Waals surface area contributed by atoms with Gasteiger partial charge in [-0.2, -0.15) is 0 Å². The van der Waals surface area contributed by atoms with Gasteiger partial charge in [0.25, 0.3) is 5.34 Å². The van der Waals surface area contributed by atoms with Crippen molar-refractivity contribution in [3.05, 3.63) is 0 Å². The summed E-state index contributed by atoms with van der Waals surface area (Å²) in [6.45, 7) is 6.28. The van der Waals surface area contributed by atoms with E-state index in [1.165, 1.54) is 25.7 Å². The fourth-order valence-corrected chi connectivity index (χ4v) is 6.07. The minimum absolute atomic E-state index is 0.138. The number of aliphatic hydroxyl groups excluding tert-OH is 1. The SMILES string of the molecule is CCCCCCCC(CC(S)(CCCCC)OC([PH2]=O)(C(=O)O)C(O)OCCC)OC1CCCCC1. The number of unbranched alkanes of at least 4 members (excludes halogenated alkanes) is 6. The first-order valence-electron chi connectivity index (χ1n) is 14.3. The Morgan fingerprint density at radius 3 is 2.22 bits per heavy atom. The van der Waals surface area contributed by atoms with Gasteiger partial charge in [0.05, 0.1) is 12.2 Å². The molecule has 0 radical (unpaired) electrons. The van der Waals surface area contributed by atoms with Gasteiger partial charge in [-0.3, -0.25) is 0 Å². The van der Waals surface area contributed by atoms with Gasteiger partial charge in [-0.25, -0.2) is 4.79 Å². The molecule has 0 aromatic carbocycles. The van der Waals surface area contributed by atoms with Crippen LogP contribution in [0.15, 0.2) is 0 Å². The molecule has 1 rings (SSSR count). The van der Waals surface area contributed by atoms with Crippen molar-refractivity contribution >= 4 is 27.1 Å². The van der Waals surface area contributed by atoms with Crippen LogP contribution in [-0.4, -0.2) is 51.6 Å². The summed E-state index contributed by atoms with van der Waals surface area (Å²) >= 11 is 4.90. The van der Waals surface area contributed by atoms with Crippen LogP contribution < -0.4 is 0 Å². The lowest BCUT2D eigenvalue weighted by Crippen LogP contribution is -2.53. The fraction of sp³-hybridized carbons (Fsp3) is 0.963. The second-order valence-corrected chi connectivity index (χ2v) is 12.3. The van der Waals surface area contributed by atoms with Crippen molar-refractivity contribution in [1.29, 1.82) is 0 Å². The van der Waals surface area contributed by atoms with Crippen molar-refractivity contribution < 1.29 is 33.8 Å². The third-order valence-electron chi connectivity index (χ3n) is 7.00. The maximum absolute atomic E-state index is 12.4. The second kappa shape index (κ2) is 19.0. The number of rotatable bonds is 22. The van der Waals surface area contributed by atoms with E-state index in [9.17, 15) is 19.6 Å². The normalized spacial score (nSPS) is 20.2. The summed E-state index contributed by atoms with van der Waals surface area (Å²) in [5.74, 6) is -1.49. The highest BCUT2D eigenvalue weighted by atomic mass is 32.1. The zero-order valence-electron chi connectivity index (χ0n) is 22.9. The summed E-state index contributed by atoms with van der Waals surface area (Å²) in [7, 11) is -2.05. The quantitative estimate of drug-likeness (QED) is 0.0577. The summed E-state index contributed by atoms with van der Waals surface area (Å²) in [4.78, 5) is 11.1. The molecule has 214 valence electrons. The number of hydrogen-bond donors (Lipinski definition) is 3. The molecular formula is C27H53O7PS. The molecule has 0 saturated heterocycles. The Morgan fingerprint density at radius 1 is 1.00 bits per heavy atom. The molecule has 1 aliphatic carbocycles. The Labute approximate surface area is 226 Å². The summed E-state index contributed by atoms with van der Waals surface area (Å²) in [6, 6.07) is 0. The first kappa shape index (κ1) is 33.9. The van der Waals surface area contributed by atoms with Crippen LogP contribution in [0, 0.1) is 0 Å². The molecule has 1 saturated carbocycles. The predicted molar refractivity (Wildman–Crippen MR) is 150 cm³/mol. The van der Waals surface area contributed by atoms with E-state index in [-0.39, 0.29) is 18.8 Å². The van der Waals surface area contributed by atoms with Crippen molar-refractivity contribution in [2.24, 2.45) is 0 Å². The second-order valence-electron chi connectivity index (χ2n) is 10.4. The molecule has 0 heterocycles. The molecule has 0 bridgehead atoms. The molecular weight excluding hydrogens is 499 g/mol. The van der Waals surface area contributed by atoms with Gasteiger partial charge in [0.2, 0.25) is 6.29 Å². The van der Waals surface area contributed by atoms with E-state index in [1.54, 1.807) is 0 Å². The Bertz CT molecular complexity index is 605. The molecule has 36 heavy (non-hydrogen) atoms. The van der Waals surface area contributed by atoms with Gasteiger partial charge < -0.3 is 29.0 Å². The number of carbonyl (C=O) groups is 1. The minimum Gasteiger partial charge on any atom is -0.479 e. The van der Waals surface area contributed by atoms with Gasteiger partial charge in [0.1, 0.15) is 13.4 Å². The van der Waals surface area contributed by atoms with Gasteiger partial charge in [-0.1, -0.05) is 85.0 Å². The zero-order valence-corrected chi connectivity index (χ0v) is 25.0. The van der Waals surface area contributed by atoms with Gasteiger partial charge >= 0.3 is 5.97 Å². The van der Waals surface area contributed by atoms with E-state index in [2.05, 4.69) is 13.8 Å². The van der Waals surface area contributed by atoms with E-state index in [1.807, 2.05) is 6.92 Å². The standard InChI is InChI=1S/C27H53O7PS/c1-4-7-9-10-12-18-23(33-22-16-13-11-14-17-22)21-26(36,19-15-8-5-2)34-27(35-31,24(28)29)25(30)32-20-6-3/h22-23,25,30,36H,4-21,35H2,1-3H3,(H,28,29). The molecule has 0 aliphatic heterocycles. The van der Waals surface area contributed by atoms with Crippen LogP contribution in [-0.2, 0) is 23.6 Å². The lowest BCUT2D eigenvalue weighted by atomic mass is 9.95.